The Morgan fingerprint density at radius 3 is 2.50 bits per heavy atom. The molecule has 0 fully saturated rings. The van der Waals surface area contributed by atoms with Crippen LogP contribution in [0.4, 0.5) is 0 Å². The van der Waals surface area contributed by atoms with E-state index in [4.69, 9.17) is 0 Å². The van der Waals surface area contributed by atoms with Crippen LogP contribution < -0.4 is 0 Å². The predicted molar refractivity (Wildman–Crippen MR) is 65.3 cm³/mol. The summed E-state index contributed by atoms with van der Waals surface area (Å²) >= 11 is 1.71. The molecule has 0 spiro atoms. The Kier molecular flexibility index (Phi) is 6.75. The number of hydrogen-bond donors (Lipinski definition) is 1. The zero-order valence-corrected chi connectivity index (χ0v) is 10.4. The van der Waals surface area contributed by atoms with E-state index in [9.17, 15) is 5.11 Å². The lowest BCUT2D eigenvalue weighted by molar-refractivity contribution is 0.217. The zero-order chi connectivity index (χ0) is 11.1. The quantitative estimate of drug-likeness (QED) is 0.689. The van der Waals surface area contributed by atoms with Gasteiger partial charge in [-0.05, 0) is 19.4 Å². The highest BCUT2D eigenvalue weighted by molar-refractivity contribution is 8.03. The van der Waals surface area contributed by atoms with Gasteiger partial charge in [-0.1, -0.05) is 19.1 Å². The van der Waals surface area contributed by atoms with Gasteiger partial charge in [-0.25, -0.2) is 0 Å². The van der Waals surface area contributed by atoms with Gasteiger partial charge < -0.3 is 10.0 Å². The van der Waals surface area contributed by atoms with Crippen LogP contribution in [0.5, 0.6) is 0 Å². The number of thioether (sulfide) groups is 1. The third kappa shape index (κ3) is 6.11. The first-order valence-corrected chi connectivity index (χ1v) is 5.80. The lowest BCUT2D eigenvalue weighted by Crippen LogP contribution is -2.12. The Bertz CT molecular complexity index is 211. The van der Waals surface area contributed by atoms with Crippen LogP contribution in [0.15, 0.2) is 23.3 Å². The fourth-order valence-corrected chi connectivity index (χ4v) is 1.71. The normalized spacial score (nSPS) is 13.9. The van der Waals surface area contributed by atoms with Gasteiger partial charge in [-0.2, -0.15) is 0 Å². The Morgan fingerprint density at radius 1 is 1.57 bits per heavy atom. The van der Waals surface area contributed by atoms with Gasteiger partial charge in [-0.3, -0.25) is 0 Å². The van der Waals surface area contributed by atoms with Crippen molar-refractivity contribution in [2.45, 2.75) is 26.4 Å². The first-order valence-electron chi connectivity index (χ1n) is 4.81. The van der Waals surface area contributed by atoms with Gasteiger partial charge in [0.25, 0.3) is 0 Å². The lowest BCUT2D eigenvalue weighted by atomic mass is 10.3. The third-order valence-electron chi connectivity index (χ3n) is 1.66. The Morgan fingerprint density at radius 2 is 2.14 bits per heavy atom. The number of hydrogen-bond acceptors (Lipinski definition) is 3. The van der Waals surface area contributed by atoms with Gasteiger partial charge in [0.15, 0.2) is 0 Å². The molecular weight excluding hydrogens is 194 g/mol. The summed E-state index contributed by atoms with van der Waals surface area (Å²) in [4.78, 5) is 2.02. The second-order valence-corrected chi connectivity index (χ2v) is 4.62. The maximum atomic E-state index is 9.50. The number of nitrogens with zero attached hydrogens (tertiary/aromatic N) is 1. The molecule has 0 aliphatic rings. The lowest BCUT2D eigenvalue weighted by Gasteiger charge is -2.18. The molecule has 0 saturated carbocycles. The van der Waals surface area contributed by atoms with E-state index in [1.165, 1.54) is 0 Å². The molecule has 1 N–H and O–H groups in total. The molecule has 82 valence electrons. The van der Waals surface area contributed by atoms with E-state index in [0.29, 0.717) is 0 Å². The van der Waals surface area contributed by atoms with Crippen molar-refractivity contribution in [3.63, 3.8) is 0 Å². The average Bonchev–Trinajstić information content (AvgIpc) is 2.10. The van der Waals surface area contributed by atoms with Crippen LogP contribution in [-0.2, 0) is 0 Å². The average molecular weight is 215 g/mol. The molecule has 1 atom stereocenters. The first-order chi connectivity index (χ1) is 6.47. The highest BCUT2D eigenvalue weighted by atomic mass is 32.2. The third-order valence-corrected chi connectivity index (χ3v) is 3.09. The smallest absolute Gasteiger partial charge is 0.0746 e. The number of rotatable bonds is 6. The van der Waals surface area contributed by atoms with Crippen LogP contribution in [0.25, 0.3) is 0 Å². The topological polar surface area (TPSA) is 23.5 Å². The molecule has 0 aromatic carbocycles. The maximum Gasteiger partial charge on any atom is 0.0746 e. The maximum absolute atomic E-state index is 9.50. The van der Waals surface area contributed by atoms with E-state index in [1.54, 1.807) is 11.8 Å². The fraction of sp³-hybridized carbons (Fsp3) is 0.636. The Hall–Kier alpha value is -0.410. The predicted octanol–water partition coefficient (Wildman–Crippen LogP) is 2.47. The molecule has 1 unspecified atom stereocenters. The molecule has 3 heteroatoms. The number of aliphatic hydroxyl groups excluding tert-OH is 1. The standard InChI is InChI=1S/C11H21NOS/c1-6-10(13)7-11(12(4)5)14-8-9(2)3/h7,10,13H,2,6,8H2,1,3-5H3/b11-7-. The summed E-state index contributed by atoms with van der Waals surface area (Å²) in [6, 6.07) is 0. The highest BCUT2D eigenvalue weighted by Gasteiger charge is 2.04. The minimum atomic E-state index is -0.343. The van der Waals surface area contributed by atoms with Gasteiger partial charge in [-0.15, -0.1) is 11.8 Å². The Balaban J connectivity index is 4.28. The molecule has 0 aliphatic heterocycles. The van der Waals surface area contributed by atoms with Crippen LogP contribution in [-0.4, -0.2) is 36.0 Å². The van der Waals surface area contributed by atoms with Crippen LogP contribution in [0.3, 0.4) is 0 Å². The molecule has 0 aromatic rings. The fourth-order valence-electron chi connectivity index (χ4n) is 0.806. The van der Waals surface area contributed by atoms with Crippen molar-refractivity contribution in [3.05, 3.63) is 23.3 Å². The van der Waals surface area contributed by atoms with E-state index in [1.807, 2.05) is 38.9 Å². The molecule has 0 amide bonds. The molecule has 14 heavy (non-hydrogen) atoms. The molecule has 0 aliphatic carbocycles. The SMILES string of the molecule is C=C(C)CS/C(=C\C(O)CC)N(C)C. The second-order valence-electron chi connectivity index (χ2n) is 3.62. The summed E-state index contributed by atoms with van der Waals surface area (Å²) in [5.41, 5.74) is 1.15. The van der Waals surface area contributed by atoms with Crippen molar-refractivity contribution in [2.75, 3.05) is 19.8 Å². The van der Waals surface area contributed by atoms with E-state index < -0.39 is 0 Å². The Labute approximate surface area is 91.7 Å². The molecule has 0 saturated heterocycles. The van der Waals surface area contributed by atoms with Crippen molar-refractivity contribution in [3.8, 4) is 0 Å². The zero-order valence-electron chi connectivity index (χ0n) is 9.58. The first kappa shape index (κ1) is 13.6. The monoisotopic (exact) mass is 215 g/mol. The molecular formula is C11H21NOS. The number of aliphatic hydroxyl groups is 1. The van der Waals surface area contributed by atoms with Gasteiger partial charge in [0, 0.05) is 19.8 Å². The minimum absolute atomic E-state index is 0.343. The van der Waals surface area contributed by atoms with Crippen LogP contribution >= 0.6 is 11.8 Å². The van der Waals surface area contributed by atoms with Crippen LogP contribution in [0.1, 0.15) is 20.3 Å². The summed E-state index contributed by atoms with van der Waals surface area (Å²) in [6.07, 6.45) is 2.31. The molecule has 2 nitrogen and oxygen atoms in total. The minimum Gasteiger partial charge on any atom is -0.389 e. The summed E-state index contributed by atoms with van der Waals surface area (Å²) in [7, 11) is 3.97. The van der Waals surface area contributed by atoms with E-state index in [0.717, 1.165) is 22.8 Å². The summed E-state index contributed by atoms with van der Waals surface area (Å²) in [5, 5.41) is 10.6. The van der Waals surface area contributed by atoms with Gasteiger partial charge >= 0.3 is 0 Å². The summed E-state index contributed by atoms with van der Waals surface area (Å²) in [6.45, 7) is 7.84. The van der Waals surface area contributed by atoms with E-state index >= 15 is 0 Å². The van der Waals surface area contributed by atoms with E-state index in [-0.39, 0.29) is 6.10 Å². The summed E-state index contributed by atoms with van der Waals surface area (Å²) in [5.74, 6) is 0.903. The van der Waals surface area contributed by atoms with Crippen LogP contribution in [0, 0.1) is 0 Å². The van der Waals surface area contributed by atoms with E-state index in [2.05, 4.69) is 6.58 Å². The van der Waals surface area contributed by atoms with Crippen molar-refractivity contribution in [1.29, 1.82) is 0 Å². The highest BCUT2D eigenvalue weighted by Crippen LogP contribution is 2.20. The molecule has 0 rings (SSSR count). The van der Waals surface area contributed by atoms with Crippen molar-refractivity contribution in [1.82, 2.24) is 4.90 Å². The van der Waals surface area contributed by atoms with Crippen molar-refractivity contribution >= 4 is 11.8 Å². The molecule has 0 radical (unpaired) electrons. The second kappa shape index (κ2) is 6.96. The van der Waals surface area contributed by atoms with Crippen molar-refractivity contribution in [2.24, 2.45) is 0 Å². The molecule has 0 aromatic heterocycles. The van der Waals surface area contributed by atoms with Crippen molar-refractivity contribution < 1.29 is 5.11 Å². The van der Waals surface area contributed by atoms with Gasteiger partial charge in [0.2, 0.25) is 0 Å². The van der Waals surface area contributed by atoms with Crippen LogP contribution in [0.2, 0.25) is 0 Å². The van der Waals surface area contributed by atoms with Gasteiger partial charge in [0.05, 0.1) is 11.1 Å². The molecule has 0 bridgehead atoms. The summed E-state index contributed by atoms with van der Waals surface area (Å²) < 4.78 is 0. The molecule has 0 heterocycles. The van der Waals surface area contributed by atoms with Gasteiger partial charge in [0.1, 0.15) is 0 Å². The largest absolute Gasteiger partial charge is 0.389 e.